The van der Waals surface area contributed by atoms with E-state index in [-0.39, 0.29) is 11.9 Å². The molecule has 0 saturated heterocycles. The van der Waals surface area contributed by atoms with Gasteiger partial charge in [-0.15, -0.1) is 0 Å². The second kappa shape index (κ2) is 5.05. The maximum absolute atomic E-state index is 13.0. The van der Waals surface area contributed by atoms with Crippen molar-refractivity contribution in [1.82, 2.24) is 15.6 Å². The Morgan fingerprint density at radius 2 is 2.24 bits per heavy atom. The highest BCUT2D eigenvalue weighted by atomic mass is 19.1. The van der Waals surface area contributed by atoms with E-state index in [0.29, 0.717) is 6.54 Å². The summed E-state index contributed by atoms with van der Waals surface area (Å²) in [4.78, 5) is 0. The molecular formula is C12H14FN3O. The van der Waals surface area contributed by atoms with Crippen molar-refractivity contribution in [3.8, 4) is 0 Å². The average molecular weight is 235 g/mol. The minimum absolute atomic E-state index is 0.0433. The van der Waals surface area contributed by atoms with E-state index in [4.69, 9.17) is 0 Å². The van der Waals surface area contributed by atoms with E-state index in [0.717, 1.165) is 17.0 Å². The summed E-state index contributed by atoms with van der Waals surface area (Å²) in [6.45, 7) is 4.35. The highest BCUT2D eigenvalue weighted by Crippen LogP contribution is 2.14. The molecule has 0 bridgehead atoms. The third kappa shape index (κ3) is 2.88. The Balaban J connectivity index is 1.98. The Kier molecular flexibility index (Phi) is 3.49. The summed E-state index contributed by atoms with van der Waals surface area (Å²) in [5, 5.41) is 10.7. The molecule has 0 aliphatic heterocycles. The van der Waals surface area contributed by atoms with Crippen LogP contribution in [0.25, 0.3) is 0 Å². The molecule has 90 valence electrons. The predicted octanol–water partition coefficient (Wildman–Crippen LogP) is 2.37. The van der Waals surface area contributed by atoms with Gasteiger partial charge in [0.25, 0.3) is 0 Å². The standard InChI is InChI=1S/C12H14FN3O/c1-8(10-4-3-5-11(13)6-10)14-7-12-9(2)15-17-16-12/h3-6,8,14H,7H2,1-2H3/t8-/m0/s1. The van der Waals surface area contributed by atoms with Crippen molar-refractivity contribution in [2.45, 2.75) is 26.4 Å². The maximum atomic E-state index is 13.0. The second-order valence-electron chi connectivity index (χ2n) is 3.95. The third-order valence-corrected chi connectivity index (χ3v) is 2.67. The quantitative estimate of drug-likeness (QED) is 0.883. The van der Waals surface area contributed by atoms with Gasteiger partial charge in [-0.05, 0) is 31.5 Å². The Labute approximate surface area is 98.8 Å². The molecule has 1 heterocycles. The Hall–Kier alpha value is -1.75. The lowest BCUT2D eigenvalue weighted by atomic mass is 10.1. The fraction of sp³-hybridized carbons (Fsp3) is 0.333. The molecule has 0 amide bonds. The minimum atomic E-state index is -0.226. The van der Waals surface area contributed by atoms with Crippen LogP contribution in [0.2, 0.25) is 0 Å². The van der Waals surface area contributed by atoms with Crippen molar-refractivity contribution in [2.75, 3.05) is 0 Å². The van der Waals surface area contributed by atoms with Crippen LogP contribution in [0, 0.1) is 12.7 Å². The van der Waals surface area contributed by atoms with Crippen LogP contribution in [0.4, 0.5) is 4.39 Å². The number of nitrogens with one attached hydrogen (secondary N) is 1. The highest BCUT2D eigenvalue weighted by molar-refractivity contribution is 5.19. The van der Waals surface area contributed by atoms with E-state index in [1.807, 2.05) is 19.9 Å². The first-order chi connectivity index (χ1) is 8.16. The van der Waals surface area contributed by atoms with Gasteiger partial charge in [0, 0.05) is 12.6 Å². The van der Waals surface area contributed by atoms with Crippen LogP contribution in [-0.4, -0.2) is 10.3 Å². The lowest BCUT2D eigenvalue weighted by Gasteiger charge is -2.13. The van der Waals surface area contributed by atoms with Crippen LogP contribution in [-0.2, 0) is 6.54 Å². The fourth-order valence-corrected chi connectivity index (χ4v) is 1.55. The predicted molar refractivity (Wildman–Crippen MR) is 60.7 cm³/mol. The minimum Gasteiger partial charge on any atom is -0.304 e. The summed E-state index contributed by atoms with van der Waals surface area (Å²) in [5.74, 6) is -0.226. The number of aromatic nitrogens is 2. The molecule has 0 aliphatic carbocycles. The van der Waals surface area contributed by atoms with E-state index >= 15 is 0 Å². The van der Waals surface area contributed by atoms with E-state index in [1.54, 1.807) is 6.07 Å². The van der Waals surface area contributed by atoms with Crippen molar-refractivity contribution >= 4 is 0 Å². The number of nitrogens with zero attached hydrogens (tertiary/aromatic N) is 2. The average Bonchev–Trinajstić information content (AvgIpc) is 2.72. The molecule has 1 aromatic carbocycles. The van der Waals surface area contributed by atoms with Crippen LogP contribution in [0.1, 0.15) is 29.9 Å². The number of aryl methyl sites for hydroxylation is 1. The number of hydrogen-bond acceptors (Lipinski definition) is 4. The van der Waals surface area contributed by atoms with Crippen LogP contribution in [0.5, 0.6) is 0 Å². The van der Waals surface area contributed by atoms with Crippen molar-refractivity contribution in [1.29, 1.82) is 0 Å². The van der Waals surface area contributed by atoms with Crippen LogP contribution in [0.15, 0.2) is 28.9 Å². The largest absolute Gasteiger partial charge is 0.304 e. The lowest BCUT2D eigenvalue weighted by Crippen LogP contribution is -2.18. The molecule has 4 nitrogen and oxygen atoms in total. The topological polar surface area (TPSA) is 51.0 Å². The summed E-state index contributed by atoms with van der Waals surface area (Å²) in [6, 6.07) is 6.58. The van der Waals surface area contributed by atoms with Gasteiger partial charge in [-0.25, -0.2) is 9.02 Å². The Bertz CT molecular complexity index is 498. The van der Waals surface area contributed by atoms with Gasteiger partial charge in [0.2, 0.25) is 0 Å². The zero-order valence-corrected chi connectivity index (χ0v) is 9.77. The Morgan fingerprint density at radius 3 is 2.88 bits per heavy atom. The molecule has 17 heavy (non-hydrogen) atoms. The van der Waals surface area contributed by atoms with Gasteiger partial charge in [-0.1, -0.05) is 22.4 Å². The zero-order valence-electron chi connectivity index (χ0n) is 9.77. The maximum Gasteiger partial charge on any atom is 0.123 e. The monoisotopic (exact) mass is 235 g/mol. The molecule has 0 radical (unpaired) electrons. The van der Waals surface area contributed by atoms with Gasteiger partial charge in [-0.2, -0.15) is 0 Å². The Morgan fingerprint density at radius 1 is 1.41 bits per heavy atom. The molecule has 1 atom stereocenters. The summed E-state index contributed by atoms with van der Waals surface area (Å²) in [6.07, 6.45) is 0. The molecule has 5 heteroatoms. The van der Waals surface area contributed by atoms with Crippen molar-refractivity contribution in [3.63, 3.8) is 0 Å². The molecule has 0 fully saturated rings. The number of benzene rings is 1. The first-order valence-corrected chi connectivity index (χ1v) is 5.43. The first-order valence-electron chi connectivity index (χ1n) is 5.43. The van der Waals surface area contributed by atoms with Crippen molar-refractivity contribution < 1.29 is 9.02 Å². The number of hydrogen-bond donors (Lipinski definition) is 1. The molecule has 2 rings (SSSR count). The van der Waals surface area contributed by atoms with Crippen LogP contribution >= 0.6 is 0 Å². The molecule has 1 aromatic heterocycles. The number of rotatable bonds is 4. The fourth-order valence-electron chi connectivity index (χ4n) is 1.55. The van der Waals surface area contributed by atoms with Crippen LogP contribution < -0.4 is 5.32 Å². The lowest BCUT2D eigenvalue weighted by molar-refractivity contribution is 0.300. The van der Waals surface area contributed by atoms with E-state index in [1.165, 1.54) is 12.1 Å². The summed E-state index contributed by atoms with van der Waals surface area (Å²) < 4.78 is 17.6. The summed E-state index contributed by atoms with van der Waals surface area (Å²) in [7, 11) is 0. The molecule has 2 aromatic rings. The zero-order chi connectivity index (χ0) is 12.3. The van der Waals surface area contributed by atoms with Gasteiger partial charge in [0.1, 0.15) is 17.2 Å². The smallest absolute Gasteiger partial charge is 0.123 e. The molecular weight excluding hydrogens is 221 g/mol. The van der Waals surface area contributed by atoms with Gasteiger partial charge < -0.3 is 5.32 Å². The second-order valence-corrected chi connectivity index (χ2v) is 3.95. The van der Waals surface area contributed by atoms with Crippen molar-refractivity contribution in [3.05, 3.63) is 47.0 Å². The van der Waals surface area contributed by atoms with Gasteiger partial charge in [0.05, 0.1) is 0 Å². The van der Waals surface area contributed by atoms with E-state index in [2.05, 4.69) is 20.3 Å². The number of halogens is 1. The first kappa shape index (κ1) is 11.7. The normalized spacial score (nSPS) is 12.6. The van der Waals surface area contributed by atoms with Gasteiger partial charge >= 0.3 is 0 Å². The summed E-state index contributed by atoms with van der Waals surface area (Å²) in [5.41, 5.74) is 2.44. The highest BCUT2D eigenvalue weighted by Gasteiger charge is 2.09. The molecule has 0 saturated carbocycles. The SMILES string of the molecule is Cc1nonc1CN[C@@H](C)c1cccc(F)c1. The molecule has 0 spiro atoms. The van der Waals surface area contributed by atoms with E-state index < -0.39 is 0 Å². The van der Waals surface area contributed by atoms with Crippen molar-refractivity contribution in [2.24, 2.45) is 0 Å². The third-order valence-electron chi connectivity index (χ3n) is 2.67. The summed E-state index contributed by atoms with van der Waals surface area (Å²) >= 11 is 0. The molecule has 0 unspecified atom stereocenters. The van der Waals surface area contributed by atoms with Crippen LogP contribution in [0.3, 0.4) is 0 Å². The van der Waals surface area contributed by atoms with Gasteiger partial charge in [-0.3, -0.25) is 0 Å². The molecule has 1 N–H and O–H groups in total. The van der Waals surface area contributed by atoms with E-state index in [9.17, 15) is 4.39 Å². The van der Waals surface area contributed by atoms with Gasteiger partial charge in [0.15, 0.2) is 0 Å². The molecule has 0 aliphatic rings.